The zero-order chi connectivity index (χ0) is 14.5. The standard InChI is InChI=1S/C14H21NO3S/c1-5-9-14(3,13(17)18-4)15-12(16)11-8-7-10(6-2)19-11/h7-8H,5-6,9H2,1-4H3,(H,15,16). The molecule has 0 spiro atoms. The Balaban J connectivity index is 2.84. The molecule has 0 radical (unpaired) electrons. The molecule has 1 heterocycles. The lowest BCUT2D eigenvalue weighted by Crippen LogP contribution is -2.52. The lowest BCUT2D eigenvalue weighted by Gasteiger charge is -2.27. The van der Waals surface area contributed by atoms with Crippen LogP contribution in [0.4, 0.5) is 0 Å². The highest BCUT2D eigenvalue weighted by molar-refractivity contribution is 7.14. The number of esters is 1. The summed E-state index contributed by atoms with van der Waals surface area (Å²) in [5.74, 6) is -0.624. The molecule has 0 saturated carbocycles. The number of hydrogen-bond donors (Lipinski definition) is 1. The number of rotatable bonds is 6. The predicted octanol–water partition coefficient (Wildman–Crippen LogP) is 2.77. The molecule has 1 amide bonds. The summed E-state index contributed by atoms with van der Waals surface area (Å²) >= 11 is 1.45. The van der Waals surface area contributed by atoms with E-state index in [-0.39, 0.29) is 5.91 Å². The molecule has 19 heavy (non-hydrogen) atoms. The van der Waals surface area contributed by atoms with E-state index in [0.29, 0.717) is 11.3 Å². The molecule has 0 aliphatic carbocycles. The van der Waals surface area contributed by atoms with Crippen molar-refractivity contribution < 1.29 is 14.3 Å². The van der Waals surface area contributed by atoms with Crippen molar-refractivity contribution in [3.05, 3.63) is 21.9 Å². The molecule has 1 rings (SSSR count). The van der Waals surface area contributed by atoms with Gasteiger partial charge < -0.3 is 10.1 Å². The number of carbonyl (C=O) groups excluding carboxylic acids is 2. The molecule has 1 N–H and O–H groups in total. The molecule has 0 aromatic carbocycles. The van der Waals surface area contributed by atoms with Crippen molar-refractivity contribution in [1.29, 1.82) is 0 Å². The van der Waals surface area contributed by atoms with Gasteiger partial charge in [0.05, 0.1) is 12.0 Å². The SMILES string of the molecule is CCCC(C)(NC(=O)c1ccc(CC)s1)C(=O)OC. The number of methoxy groups -OCH3 is 1. The number of carbonyl (C=O) groups is 2. The van der Waals surface area contributed by atoms with Crippen LogP contribution in [-0.4, -0.2) is 24.5 Å². The first-order valence-electron chi connectivity index (χ1n) is 6.46. The highest BCUT2D eigenvalue weighted by Gasteiger charge is 2.35. The van der Waals surface area contributed by atoms with E-state index in [0.717, 1.165) is 17.7 Å². The van der Waals surface area contributed by atoms with E-state index in [4.69, 9.17) is 4.74 Å². The highest BCUT2D eigenvalue weighted by Crippen LogP contribution is 2.20. The van der Waals surface area contributed by atoms with Crippen molar-refractivity contribution in [2.45, 2.75) is 45.6 Å². The summed E-state index contributed by atoms with van der Waals surface area (Å²) in [5, 5.41) is 2.80. The van der Waals surface area contributed by atoms with E-state index in [1.165, 1.54) is 18.4 Å². The lowest BCUT2D eigenvalue weighted by atomic mass is 9.96. The maximum atomic E-state index is 12.2. The molecule has 106 valence electrons. The summed E-state index contributed by atoms with van der Waals surface area (Å²) in [6.07, 6.45) is 2.25. The Morgan fingerprint density at radius 2 is 2.05 bits per heavy atom. The fourth-order valence-corrected chi connectivity index (χ4v) is 2.79. The van der Waals surface area contributed by atoms with E-state index in [2.05, 4.69) is 5.32 Å². The first-order chi connectivity index (χ1) is 8.96. The van der Waals surface area contributed by atoms with Gasteiger partial charge in [0, 0.05) is 4.88 Å². The van der Waals surface area contributed by atoms with E-state index in [1.54, 1.807) is 13.0 Å². The van der Waals surface area contributed by atoms with Crippen molar-refractivity contribution in [3.63, 3.8) is 0 Å². The van der Waals surface area contributed by atoms with E-state index in [1.807, 2.05) is 19.9 Å². The van der Waals surface area contributed by atoms with Crippen LogP contribution in [0, 0.1) is 0 Å². The predicted molar refractivity (Wildman–Crippen MR) is 76.5 cm³/mol. The van der Waals surface area contributed by atoms with Gasteiger partial charge in [-0.25, -0.2) is 4.79 Å². The molecule has 0 aliphatic heterocycles. The van der Waals surface area contributed by atoms with Gasteiger partial charge in [0.25, 0.3) is 5.91 Å². The number of thiophene rings is 1. The van der Waals surface area contributed by atoms with E-state index in [9.17, 15) is 9.59 Å². The third kappa shape index (κ3) is 3.80. The van der Waals surface area contributed by atoms with Crippen molar-refractivity contribution in [2.75, 3.05) is 7.11 Å². The smallest absolute Gasteiger partial charge is 0.331 e. The second kappa shape index (κ2) is 6.70. The van der Waals surface area contributed by atoms with Crippen LogP contribution >= 0.6 is 11.3 Å². The van der Waals surface area contributed by atoms with Crippen LogP contribution in [0.25, 0.3) is 0 Å². The number of nitrogens with one attached hydrogen (secondary N) is 1. The largest absolute Gasteiger partial charge is 0.467 e. The molecule has 0 aliphatic rings. The Morgan fingerprint density at radius 3 is 2.53 bits per heavy atom. The monoisotopic (exact) mass is 283 g/mol. The minimum Gasteiger partial charge on any atom is -0.467 e. The number of aryl methyl sites for hydroxylation is 1. The third-order valence-corrected chi connectivity index (χ3v) is 4.24. The zero-order valence-corrected chi connectivity index (χ0v) is 12.7. The third-order valence-electron chi connectivity index (χ3n) is 3.01. The Kier molecular flexibility index (Phi) is 5.54. The molecule has 5 heteroatoms. The van der Waals surface area contributed by atoms with Gasteiger partial charge in [0.2, 0.25) is 0 Å². The van der Waals surface area contributed by atoms with Crippen molar-refractivity contribution in [1.82, 2.24) is 5.32 Å². The number of amides is 1. The van der Waals surface area contributed by atoms with Gasteiger partial charge in [-0.2, -0.15) is 0 Å². The quantitative estimate of drug-likeness (QED) is 0.817. The number of hydrogen-bond acceptors (Lipinski definition) is 4. The van der Waals surface area contributed by atoms with Crippen molar-refractivity contribution in [3.8, 4) is 0 Å². The molecule has 1 aromatic rings. The minimum absolute atomic E-state index is 0.217. The molecule has 1 aromatic heterocycles. The summed E-state index contributed by atoms with van der Waals surface area (Å²) in [6, 6.07) is 3.73. The van der Waals surface area contributed by atoms with Gasteiger partial charge in [0.1, 0.15) is 5.54 Å². The zero-order valence-electron chi connectivity index (χ0n) is 11.9. The summed E-state index contributed by atoms with van der Waals surface area (Å²) in [5.41, 5.74) is -0.961. The summed E-state index contributed by atoms with van der Waals surface area (Å²) in [6.45, 7) is 5.71. The van der Waals surface area contributed by atoms with Crippen LogP contribution in [0.15, 0.2) is 12.1 Å². The second-order valence-electron chi connectivity index (χ2n) is 4.65. The van der Waals surface area contributed by atoms with Gasteiger partial charge in [-0.1, -0.05) is 20.3 Å². The molecular weight excluding hydrogens is 262 g/mol. The molecule has 4 nitrogen and oxygen atoms in total. The van der Waals surface area contributed by atoms with Crippen LogP contribution < -0.4 is 5.32 Å². The summed E-state index contributed by atoms with van der Waals surface area (Å²) in [7, 11) is 1.34. The molecule has 0 saturated heterocycles. The van der Waals surface area contributed by atoms with Gasteiger partial charge in [-0.05, 0) is 31.9 Å². The second-order valence-corrected chi connectivity index (χ2v) is 5.82. The maximum absolute atomic E-state index is 12.2. The Hall–Kier alpha value is -1.36. The maximum Gasteiger partial charge on any atom is 0.331 e. The van der Waals surface area contributed by atoms with Gasteiger partial charge >= 0.3 is 5.97 Å². The van der Waals surface area contributed by atoms with Crippen molar-refractivity contribution in [2.24, 2.45) is 0 Å². The molecule has 1 unspecified atom stereocenters. The minimum atomic E-state index is -0.961. The highest BCUT2D eigenvalue weighted by atomic mass is 32.1. The summed E-state index contributed by atoms with van der Waals surface area (Å²) < 4.78 is 4.78. The Labute approximate surface area is 118 Å². The Bertz CT molecular complexity index is 455. The fourth-order valence-electron chi connectivity index (χ4n) is 1.94. The molecular formula is C14H21NO3S. The van der Waals surface area contributed by atoms with Crippen LogP contribution in [0.1, 0.15) is 48.2 Å². The number of ether oxygens (including phenoxy) is 1. The normalized spacial score (nSPS) is 13.7. The van der Waals surface area contributed by atoms with Gasteiger partial charge in [-0.3, -0.25) is 4.79 Å². The molecule has 0 bridgehead atoms. The van der Waals surface area contributed by atoms with Crippen LogP contribution in [0.3, 0.4) is 0 Å². The van der Waals surface area contributed by atoms with Crippen LogP contribution in [-0.2, 0) is 16.0 Å². The lowest BCUT2D eigenvalue weighted by molar-refractivity contribution is -0.147. The molecule has 0 fully saturated rings. The van der Waals surface area contributed by atoms with Gasteiger partial charge in [-0.15, -0.1) is 11.3 Å². The first kappa shape index (κ1) is 15.7. The van der Waals surface area contributed by atoms with E-state index < -0.39 is 11.5 Å². The topological polar surface area (TPSA) is 55.4 Å². The molecule has 1 atom stereocenters. The fraction of sp³-hybridized carbons (Fsp3) is 0.571. The Morgan fingerprint density at radius 1 is 1.37 bits per heavy atom. The average molecular weight is 283 g/mol. The van der Waals surface area contributed by atoms with Crippen LogP contribution in [0.5, 0.6) is 0 Å². The first-order valence-corrected chi connectivity index (χ1v) is 7.28. The van der Waals surface area contributed by atoms with Crippen LogP contribution in [0.2, 0.25) is 0 Å². The van der Waals surface area contributed by atoms with Gasteiger partial charge in [0.15, 0.2) is 0 Å². The average Bonchev–Trinajstić information content (AvgIpc) is 2.86. The van der Waals surface area contributed by atoms with E-state index >= 15 is 0 Å². The van der Waals surface area contributed by atoms with Crippen molar-refractivity contribution >= 4 is 23.2 Å². The summed E-state index contributed by atoms with van der Waals surface area (Å²) in [4.78, 5) is 25.8.